The van der Waals surface area contributed by atoms with Crippen LogP contribution in [0.4, 0.5) is 5.69 Å². The van der Waals surface area contributed by atoms with Crippen molar-refractivity contribution in [1.82, 2.24) is 0 Å². The summed E-state index contributed by atoms with van der Waals surface area (Å²) in [4.78, 5) is 11.0. The molecule has 2 nitrogen and oxygen atoms in total. The average Bonchev–Trinajstić information content (AvgIpc) is 2.09. The molecule has 1 N–H and O–H groups in total. The molecule has 1 amide bonds. The number of halogens is 2. The highest BCUT2D eigenvalue weighted by atomic mass is 79.9. The Morgan fingerprint density at radius 2 is 2.15 bits per heavy atom. The molecule has 0 aromatic heterocycles. The van der Waals surface area contributed by atoms with Crippen molar-refractivity contribution in [3.63, 3.8) is 0 Å². The molecule has 0 fully saturated rings. The lowest BCUT2D eigenvalue weighted by atomic mass is 10.3. The van der Waals surface area contributed by atoms with Crippen molar-refractivity contribution in [2.24, 2.45) is 0 Å². The van der Waals surface area contributed by atoms with E-state index in [-0.39, 0.29) is 5.91 Å². The molecule has 0 saturated heterocycles. The maximum atomic E-state index is 11.0. The Kier molecular flexibility index (Phi) is 3.69. The third-order valence-corrected chi connectivity index (χ3v) is 2.52. The second-order valence-corrected chi connectivity index (χ2v) is 4.09. The van der Waals surface area contributed by atoms with Crippen molar-refractivity contribution < 1.29 is 4.79 Å². The Morgan fingerprint density at radius 3 is 2.69 bits per heavy atom. The first-order chi connectivity index (χ1) is 6.13. The fourth-order valence-electron chi connectivity index (χ4n) is 0.775. The summed E-state index contributed by atoms with van der Waals surface area (Å²) in [5, 5.41) is 2.66. The Bertz CT molecular complexity index is 349. The number of rotatable bonds is 2. The number of carbonyl (C=O) groups excluding carboxylic acids is 1. The van der Waals surface area contributed by atoms with Gasteiger partial charge in [0.05, 0.1) is 5.69 Å². The summed E-state index contributed by atoms with van der Waals surface area (Å²) in [7, 11) is 0. The zero-order chi connectivity index (χ0) is 9.84. The number of nitrogens with one attached hydrogen (secondary N) is 1. The molecule has 0 heterocycles. The van der Waals surface area contributed by atoms with Gasteiger partial charge >= 0.3 is 0 Å². The largest absolute Gasteiger partial charge is 0.321 e. The van der Waals surface area contributed by atoms with Crippen LogP contribution in [0.2, 0.25) is 0 Å². The lowest BCUT2D eigenvalue weighted by molar-refractivity contribution is -0.111. The first-order valence-electron chi connectivity index (χ1n) is 3.52. The van der Waals surface area contributed by atoms with Crippen LogP contribution in [-0.2, 0) is 4.79 Å². The average molecular weight is 305 g/mol. The highest BCUT2D eigenvalue weighted by Crippen LogP contribution is 2.25. The molecule has 0 aliphatic heterocycles. The molecule has 0 unspecified atom stereocenters. The van der Waals surface area contributed by atoms with Gasteiger partial charge in [0.2, 0.25) is 5.91 Å². The number of hydrogen-bond acceptors (Lipinski definition) is 1. The molecule has 68 valence electrons. The number of hydrogen-bond donors (Lipinski definition) is 1. The fraction of sp³-hybridized carbons (Fsp3) is 0. The zero-order valence-corrected chi connectivity index (χ0v) is 9.85. The van der Waals surface area contributed by atoms with Crippen LogP contribution in [0.1, 0.15) is 0 Å². The van der Waals surface area contributed by atoms with Crippen LogP contribution in [0, 0.1) is 0 Å². The maximum absolute atomic E-state index is 11.0. The fourth-order valence-corrected chi connectivity index (χ4v) is 1.92. The van der Waals surface area contributed by atoms with E-state index in [0.29, 0.717) is 0 Å². The van der Waals surface area contributed by atoms with E-state index in [1.54, 1.807) is 6.07 Å². The molecule has 13 heavy (non-hydrogen) atoms. The summed E-state index contributed by atoms with van der Waals surface area (Å²) < 4.78 is 1.79. The second kappa shape index (κ2) is 4.58. The van der Waals surface area contributed by atoms with Crippen LogP contribution in [0.3, 0.4) is 0 Å². The minimum absolute atomic E-state index is 0.219. The van der Waals surface area contributed by atoms with Crippen LogP contribution >= 0.6 is 31.9 Å². The lowest BCUT2D eigenvalue weighted by Gasteiger charge is -2.04. The van der Waals surface area contributed by atoms with Gasteiger partial charge < -0.3 is 5.32 Å². The van der Waals surface area contributed by atoms with E-state index in [1.807, 2.05) is 12.1 Å². The van der Waals surface area contributed by atoms with Crippen LogP contribution in [0.15, 0.2) is 39.8 Å². The molecule has 0 spiro atoms. The number of amides is 1. The van der Waals surface area contributed by atoms with Crippen molar-refractivity contribution in [3.8, 4) is 0 Å². The molecule has 0 radical (unpaired) electrons. The van der Waals surface area contributed by atoms with Crippen molar-refractivity contribution >= 4 is 43.5 Å². The van der Waals surface area contributed by atoms with Gasteiger partial charge in [-0.1, -0.05) is 22.5 Å². The predicted octanol–water partition coefficient (Wildman–Crippen LogP) is 3.34. The molecule has 0 saturated carbocycles. The standard InChI is InChI=1S/C9H7Br2NO/c1-2-9(13)12-8-4-3-6(10)5-7(8)11/h2-5H,1H2,(H,12,13). The van der Waals surface area contributed by atoms with Gasteiger partial charge in [-0.2, -0.15) is 0 Å². The van der Waals surface area contributed by atoms with Gasteiger partial charge in [-0.05, 0) is 40.2 Å². The predicted molar refractivity (Wildman–Crippen MR) is 60.7 cm³/mol. The number of anilines is 1. The zero-order valence-electron chi connectivity index (χ0n) is 6.68. The molecular weight excluding hydrogens is 298 g/mol. The highest BCUT2D eigenvalue weighted by Gasteiger charge is 2.01. The summed E-state index contributed by atoms with van der Waals surface area (Å²) >= 11 is 6.64. The van der Waals surface area contributed by atoms with E-state index in [0.717, 1.165) is 14.6 Å². The highest BCUT2D eigenvalue weighted by molar-refractivity contribution is 9.11. The molecule has 0 aliphatic carbocycles. The lowest BCUT2D eigenvalue weighted by Crippen LogP contribution is -2.07. The topological polar surface area (TPSA) is 29.1 Å². The molecule has 0 atom stereocenters. The van der Waals surface area contributed by atoms with E-state index in [9.17, 15) is 4.79 Å². The van der Waals surface area contributed by atoms with Gasteiger partial charge in [0, 0.05) is 8.95 Å². The second-order valence-electron chi connectivity index (χ2n) is 2.32. The third-order valence-electron chi connectivity index (χ3n) is 1.37. The molecular formula is C9H7Br2NO. The Labute approximate surface area is 93.3 Å². The SMILES string of the molecule is C=CC(=O)Nc1ccc(Br)cc1Br. The number of benzene rings is 1. The van der Waals surface area contributed by atoms with Gasteiger partial charge in [-0.25, -0.2) is 0 Å². The molecule has 0 bridgehead atoms. The van der Waals surface area contributed by atoms with E-state index >= 15 is 0 Å². The third kappa shape index (κ3) is 2.97. The summed E-state index contributed by atoms with van der Waals surface area (Å²) in [6.45, 7) is 3.37. The van der Waals surface area contributed by atoms with Gasteiger partial charge in [0.15, 0.2) is 0 Å². The quantitative estimate of drug-likeness (QED) is 0.834. The van der Waals surface area contributed by atoms with Gasteiger partial charge in [0.25, 0.3) is 0 Å². The van der Waals surface area contributed by atoms with Crippen molar-refractivity contribution in [3.05, 3.63) is 39.8 Å². The van der Waals surface area contributed by atoms with Crippen molar-refractivity contribution in [2.45, 2.75) is 0 Å². The minimum atomic E-state index is -0.219. The first kappa shape index (κ1) is 10.5. The van der Waals surface area contributed by atoms with E-state index < -0.39 is 0 Å². The summed E-state index contributed by atoms with van der Waals surface area (Å²) in [6.07, 6.45) is 1.23. The van der Waals surface area contributed by atoms with Gasteiger partial charge in [0.1, 0.15) is 0 Å². The Hall–Kier alpha value is -0.610. The minimum Gasteiger partial charge on any atom is -0.321 e. The van der Waals surface area contributed by atoms with E-state index in [2.05, 4.69) is 43.8 Å². The van der Waals surface area contributed by atoms with Gasteiger partial charge in [-0.3, -0.25) is 4.79 Å². The maximum Gasteiger partial charge on any atom is 0.247 e. The number of carbonyl (C=O) groups is 1. The van der Waals surface area contributed by atoms with Crippen LogP contribution in [-0.4, -0.2) is 5.91 Å². The molecule has 1 aromatic carbocycles. The van der Waals surface area contributed by atoms with E-state index in [1.165, 1.54) is 6.08 Å². The monoisotopic (exact) mass is 303 g/mol. The Morgan fingerprint density at radius 1 is 1.46 bits per heavy atom. The van der Waals surface area contributed by atoms with Crippen molar-refractivity contribution in [1.29, 1.82) is 0 Å². The summed E-state index contributed by atoms with van der Waals surface area (Å²) in [6, 6.07) is 5.51. The van der Waals surface area contributed by atoms with Crippen LogP contribution < -0.4 is 5.32 Å². The molecule has 0 aliphatic rings. The normalized spacial score (nSPS) is 9.38. The smallest absolute Gasteiger partial charge is 0.247 e. The van der Waals surface area contributed by atoms with Crippen LogP contribution in [0.25, 0.3) is 0 Å². The summed E-state index contributed by atoms with van der Waals surface area (Å²) in [5.41, 5.74) is 0.730. The van der Waals surface area contributed by atoms with Crippen molar-refractivity contribution in [2.75, 3.05) is 5.32 Å². The van der Waals surface area contributed by atoms with E-state index in [4.69, 9.17) is 0 Å². The summed E-state index contributed by atoms with van der Waals surface area (Å²) in [5.74, 6) is -0.219. The van der Waals surface area contributed by atoms with Gasteiger partial charge in [-0.15, -0.1) is 0 Å². The Balaban J connectivity index is 2.89. The molecule has 4 heteroatoms. The molecule has 1 aromatic rings. The first-order valence-corrected chi connectivity index (χ1v) is 5.10. The van der Waals surface area contributed by atoms with Crippen LogP contribution in [0.5, 0.6) is 0 Å². The molecule has 1 rings (SSSR count).